The summed E-state index contributed by atoms with van der Waals surface area (Å²) in [4.78, 5) is 18.9. The van der Waals surface area contributed by atoms with Crippen molar-refractivity contribution in [3.8, 4) is 0 Å². The van der Waals surface area contributed by atoms with Crippen molar-refractivity contribution in [3.63, 3.8) is 0 Å². The average Bonchev–Trinajstić information content (AvgIpc) is 2.93. The summed E-state index contributed by atoms with van der Waals surface area (Å²) < 4.78 is 0. The van der Waals surface area contributed by atoms with Crippen LogP contribution in [0.3, 0.4) is 0 Å². The first-order chi connectivity index (χ1) is 10.2. The Morgan fingerprint density at radius 2 is 1.90 bits per heavy atom. The van der Waals surface area contributed by atoms with Gasteiger partial charge in [0.05, 0.1) is 0 Å². The molecule has 5 heteroatoms. The topological polar surface area (TPSA) is 38.8 Å². The number of hydrogen-bond acceptors (Lipinski definition) is 3. The highest BCUT2D eigenvalue weighted by Crippen LogP contribution is 2.27. The molecule has 1 fully saturated rings. The van der Waals surface area contributed by atoms with Crippen molar-refractivity contribution in [2.75, 3.05) is 57.8 Å². The minimum atomic E-state index is 0.0362. The van der Waals surface area contributed by atoms with Crippen LogP contribution in [0.2, 0.25) is 0 Å². The van der Waals surface area contributed by atoms with Gasteiger partial charge in [0.2, 0.25) is 0 Å². The zero-order valence-electron chi connectivity index (χ0n) is 12.7. The summed E-state index contributed by atoms with van der Waals surface area (Å²) in [5.74, 6) is 0. The number of rotatable bonds is 3. The highest BCUT2D eigenvalue weighted by Gasteiger charge is 2.23. The Balaban J connectivity index is 1.45. The van der Waals surface area contributed by atoms with Crippen LogP contribution in [0.5, 0.6) is 0 Å². The van der Waals surface area contributed by atoms with Crippen LogP contribution in [0, 0.1) is 0 Å². The van der Waals surface area contributed by atoms with Gasteiger partial charge in [0, 0.05) is 51.5 Å². The number of nitrogens with one attached hydrogen (secondary N) is 1. The molecule has 0 unspecified atom stereocenters. The molecular weight excluding hydrogens is 264 g/mol. The van der Waals surface area contributed by atoms with Crippen molar-refractivity contribution >= 4 is 11.7 Å². The highest BCUT2D eigenvalue weighted by molar-refractivity contribution is 5.94. The van der Waals surface area contributed by atoms with E-state index in [2.05, 4.69) is 28.2 Å². The van der Waals surface area contributed by atoms with E-state index in [0.29, 0.717) is 0 Å². The number of piperazine rings is 1. The molecule has 1 N–H and O–H groups in total. The molecule has 5 nitrogen and oxygen atoms in total. The van der Waals surface area contributed by atoms with Gasteiger partial charge in [-0.05, 0) is 25.1 Å². The molecule has 21 heavy (non-hydrogen) atoms. The number of anilines is 1. The number of para-hydroxylation sites is 1. The van der Waals surface area contributed by atoms with Gasteiger partial charge in [0.25, 0.3) is 0 Å². The molecule has 2 heterocycles. The fourth-order valence-electron chi connectivity index (χ4n) is 3.04. The van der Waals surface area contributed by atoms with Crippen LogP contribution in [0.25, 0.3) is 0 Å². The molecule has 1 saturated heterocycles. The Hall–Kier alpha value is -1.59. The Bertz CT molecular complexity index is 497. The van der Waals surface area contributed by atoms with Crippen LogP contribution in [0.15, 0.2) is 24.3 Å². The number of amides is 2. The molecule has 2 aliphatic heterocycles. The lowest BCUT2D eigenvalue weighted by Crippen LogP contribution is -2.48. The van der Waals surface area contributed by atoms with Crippen molar-refractivity contribution in [3.05, 3.63) is 29.8 Å². The number of carbonyl (C=O) groups excluding carboxylic acids is 1. The molecule has 0 bridgehead atoms. The van der Waals surface area contributed by atoms with E-state index in [1.807, 2.05) is 23.1 Å². The zero-order chi connectivity index (χ0) is 14.7. The van der Waals surface area contributed by atoms with Gasteiger partial charge >= 0.3 is 6.03 Å². The maximum atomic E-state index is 12.3. The van der Waals surface area contributed by atoms with Gasteiger partial charge in [0.1, 0.15) is 0 Å². The maximum absolute atomic E-state index is 12.3. The maximum Gasteiger partial charge on any atom is 0.321 e. The van der Waals surface area contributed by atoms with Gasteiger partial charge < -0.3 is 10.2 Å². The van der Waals surface area contributed by atoms with E-state index in [4.69, 9.17) is 0 Å². The number of hydrogen-bond donors (Lipinski definition) is 1. The lowest BCUT2D eigenvalue weighted by Gasteiger charge is -2.32. The smallest absolute Gasteiger partial charge is 0.321 e. The minimum absolute atomic E-state index is 0.0362. The molecule has 1 aromatic rings. The van der Waals surface area contributed by atoms with E-state index in [1.54, 1.807) is 0 Å². The van der Waals surface area contributed by atoms with E-state index in [-0.39, 0.29) is 6.03 Å². The average molecular weight is 288 g/mol. The molecular formula is C16H24N4O. The molecule has 0 spiro atoms. The van der Waals surface area contributed by atoms with Crippen molar-refractivity contribution in [1.29, 1.82) is 0 Å². The summed E-state index contributed by atoms with van der Waals surface area (Å²) in [6.07, 6.45) is 0.960. The van der Waals surface area contributed by atoms with Gasteiger partial charge in [0.15, 0.2) is 0 Å². The SMILES string of the molecule is CN1CCN(CCNC(=O)N2CCc3ccccc32)CC1. The van der Waals surface area contributed by atoms with Crippen LogP contribution >= 0.6 is 0 Å². The monoisotopic (exact) mass is 288 g/mol. The molecule has 0 aliphatic carbocycles. The highest BCUT2D eigenvalue weighted by atomic mass is 16.2. The Labute approximate surface area is 126 Å². The Morgan fingerprint density at radius 3 is 2.71 bits per heavy atom. The summed E-state index contributed by atoms with van der Waals surface area (Å²) >= 11 is 0. The number of likely N-dealkylation sites (N-methyl/N-ethyl adjacent to an activating group) is 1. The van der Waals surface area contributed by atoms with Crippen molar-refractivity contribution in [2.45, 2.75) is 6.42 Å². The summed E-state index contributed by atoms with van der Waals surface area (Å²) in [5, 5.41) is 3.06. The summed E-state index contributed by atoms with van der Waals surface area (Å²) in [6.45, 7) is 6.88. The van der Waals surface area contributed by atoms with Crippen LogP contribution in [0.1, 0.15) is 5.56 Å². The number of urea groups is 1. The first-order valence-electron chi connectivity index (χ1n) is 7.78. The van der Waals surface area contributed by atoms with E-state index in [0.717, 1.165) is 57.9 Å². The van der Waals surface area contributed by atoms with E-state index in [9.17, 15) is 4.79 Å². The van der Waals surface area contributed by atoms with E-state index >= 15 is 0 Å². The molecule has 0 radical (unpaired) electrons. The van der Waals surface area contributed by atoms with Crippen LogP contribution in [-0.4, -0.2) is 68.7 Å². The predicted octanol–water partition coefficient (Wildman–Crippen LogP) is 1.01. The third-order valence-electron chi connectivity index (χ3n) is 4.43. The molecule has 3 rings (SSSR count). The molecule has 114 valence electrons. The molecule has 1 aromatic carbocycles. The number of nitrogens with zero attached hydrogens (tertiary/aromatic N) is 3. The predicted molar refractivity (Wildman–Crippen MR) is 84.8 cm³/mol. The summed E-state index contributed by atoms with van der Waals surface area (Å²) in [6, 6.07) is 8.20. The molecule has 0 aromatic heterocycles. The van der Waals surface area contributed by atoms with Gasteiger partial charge in [-0.1, -0.05) is 18.2 Å². The second-order valence-electron chi connectivity index (χ2n) is 5.91. The first-order valence-corrected chi connectivity index (χ1v) is 7.78. The third kappa shape index (κ3) is 3.36. The Kier molecular flexibility index (Phi) is 4.41. The van der Waals surface area contributed by atoms with Gasteiger partial charge in [-0.3, -0.25) is 9.80 Å². The van der Waals surface area contributed by atoms with Crippen molar-refractivity contribution in [1.82, 2.24) is 15.1 Å². The molecule has 2 amide bonds. The second-order valence-corrected chi connectivity index (χ2v) is 5.91. The van der Waals surface area contributed by atoms with Crippen LogP contribution < -0.4 is 10.2 Å². The normalized spacial score (nSPS) is 19.6. The molecule has 0 atom stereocenters. The van der Waals surface area contributed by atoms with Gasteiger partial charge in [-0.2, -0.15) is 0 Å². The van der Waals surface area contributed by atoms with Gasteiger partial charge in [-0.15, -0.1) is 0 Å². The molecule has 2 aliphatic rings. The quantitative estimate of drug-likeness (QED) is 0.902. The number of benzene rings is 1. The van der Waals surface area contributed by atoms with Gasteiger partial charge in [-0.25, -0.2) is 4.79 Å². The second kappa shape index (κ2) is 6.45. The fraction of sp³-hybridized carbons (Fsp3) is 0.562. The standard InChI is InChI=1S/C16H24N4O/c1-18-10-12-19(13-11-18)9-7-17-16(21)20-8-6-14-4-2-3-5-15(14)20/h2-5H,6-13H2,1H3,(H,17,21). The van der Waals surface area contributed by atoms with E-state index in [1.165, 1.54) is 5.56 Å². The minimum Gasteiger partial charge on any atom is -0.336 e. The Morgan fingerprint density at radius 1 is 1.14 bits per heavy atom. The van der Waals surface area contributed by atoms with E-state index < -0.39 is 0 Å². The van der Waals surface area contributed by atoms with Crippen LogP contribution in [-0.2, 0) is 6.42 Å². The molecule has 0 saturated carbocycles. The lowest BCUT2D eigenvalue weighted by molar-refractivity contribution is 0.155. The van der Waals surface area contributed by atoms with Crippen molar-refractivity contribution < 1.29 is 4.79 Å². The van der Waals surface area contributed by atoms with Crippen LogP contribution in [0.4, 0.5) is 10.5 Å². The zero-order valence-corrected chi connectivity index (χ0v) is 12.7. The summed E-state index contributed by atoms with van der Waals surface area (Å²) in [5.41, 5.74) is 2.33. The number of fused-ring (bicyclic) bond motifs is 1. The van der Waals surface area contributed by atoms with Crippen molar-refractivity contribution in [2.24, 2.45) is 0 Å². The fourth-order valence-corrected chi connectivity index (χ4v) is 3.04. The number of carbonyl (C=O) groups is 1. The largest absolute Gasteiger partial charge is 0.336 e. The summed E-state index contributed by atoms with van der Waals surface area (Å²) in [7, 11) is 2.16. The first kappa shape index (κ1) is 14.4. The lowest BCUT2D eigenvalue weighted by atomic mass is 10.2. The third-order valence-corrected chi connectivity index (χ3v) is 4.43.